The van der Waals surface area contributed by atoms with E-state index in [4.69, 9.17) is 0 Å². The first kappa shape index (κ1) is 14.4. The molecule has 1 fully saturated rings. The van der Waals surface area contributed by atoms with Crippen molar-refractivity contribution in [2.45, 2.75) is 32.3 Å². The van der Waals surface area contributed by atoms with Gasteiger partial charge in [-0.3, -0.25) is 0 Å². The summed E-state index contributed by atoms with van der Waals surface area (Å²) in [6.45, 7) is 3.50. The monoisotopic (exact) mass is 269 g/mol. The van der Waals surface area contributed by atoms with Crippen molar-refractivity contribution in [2.75, 3.05) is 13.1 Å². The molecular weight excluding hydrogens is 248 g/mol. The van der Waals surface area contributed by atoms with Crippen LogP contribution >= 0.6 is 0 Å². The number of halogens is 2. The Morgan fingerprint density at radius 1 is 1.32 bits per heavy atom. The van der Waals surface area contributed by atoms with Gasteiger partial charge in [-0.15, -0.1) is 0 Å². The van der Waals surface area contributed by atoms with Crippen molar-refractivity contribution in [3.63, 3.8) is 0 Å². The number of aliphatic hydroxyl groups is 1. The second-order valence-corrected chi connectivity index (χ2v) is 5.52. The normalized spacial score (nSPS) is 24.6. The molecule has 2 nitrogen and oxygen atoms in total. The van der Waals surface area contributed by atoms with Crippen LogP contribution in [-0.2, 0) is 0 Å². The molecule has 2 rings (SSSR count). The Hall–Kier alpha value is -1.00. The van der Waals surface area contributed by atoms with Gasteiger partial charge in [-0.2, -0.15) is 0 Å². The van der Waals surface area contributed by atoms with Crippen LogP contribution in [0, 0.1) is 23.5 Å². The highest BCUT2D eigenvalue weighted by Gasteiger charge is 2.23. The van der Waals surface area contributed by atoms with Gasteiger partial charge >= 0.3 is 0 Å². The zero-order chi connectivity index (χ0) is 13.8. The largest absolute Gasteiger partial charge is 0.387 e. The minimum atomic E-state index is -0.916. The van der Waals surface area contributed by atoms with Crippen LogP contribution in [0.3, 0.4) is 0 Å². The highest BCUT2D eigenvalue weighted by atomic mass is 19.2. The molecule has 0 aliphatic heterocycles. The highest BCUT2D eigenvalue weighted by molar-refractivity contribution is 5.20. The second-order valence-electron chi connectivity index (χ2n) is 5.52. The first-order chi connectivity index (χ1) is 9.08. The fourth-order valence-corrected chi connectivity index (χ4v) is 2.77. The van der Waals surface area contributed by atoms with E-state index in [0.717, 1.165) is 24.6 Å². The molecule has 4 heteroatoms. The van der Waals surface area contributed by atoms with Gasteiger partial charge in [0.05, 0.1) is 6.10 Å². The summed E-state index contributed by atoms with van der Waals surface area (Å²) in [5, 5.41) is 13.1. The van der Waals surface area contributed by atoms with Gasteiger partial charge in [-0.05, 0) is 42.5 Å². The Morgan fingerprint density at radius 3 is 2.74 bits per heavy atom. The molecule has 106 valence electrons. The van der Waals surface area contributed by atoms with Crippen LogP contribution in [0.5, 0.6) is 0 Å². The number of benzene rings is 1. The zero-order valence-electron chi connectivity index (χ0n) is 11.2. The third-order valence-corrected chi connectivity index (χ3v) is 4.11. The van der Waals surface area contributed by atoms with Crippen molar-refractivity contribution in [2.24, 2.45) is 11.8 Å². The summed E-state index contributed by atoms with van der Waals surface area (Å²) in [6, 6.07) is 3.52. The molecule has 0 spiro atoms. The van der Waals surface area contributed by atoms with E-state index in [1.54, 1.807) is 0 Å². The van der Waals surface area contributed by atoms with Gasteiger partial charge in [0.1, 0.15) is 0 Å². The van der Waals surface area contributed by atoms with Gasteiger partial charge in [-0.1, -0.05) is 25.8 Å². The molecular formula is C15H21F2NO. The summed E-state index contributed by atoms with van der Waals surface area (Å²) >= 11 is 0. The Kier molecular flexibility index (Phi) is 4.88. The van der Waals surface area contributed by atoms with Crippen molar-refractivity contribution in [3.05, 3.63) is 35.4 Å². The van der Waals surface area contributed by atoms with E-state index in [0.29, 0.717) is 18.0 Å². The van der Waals surface area contributed by atoms with E-state index in [9.17, 15) is 13.9 Å². The summed E-state index contributed by atoms with van der Waals surface area (Å²) in [6.07, 6.45) is 2.99. The molecule has 1 aliphatic rings. The molecule has 1 aromatic rings. The predicted octanol–water partition coefficient (Wildman–Crippen LogP) is 3.02. The molecule has 0 heterocycles. The molecule has 2 N–H and O–H groups in total. The molecule has 3 unspecified atom stereocenters. The lowest BCUT2D eigenvalue weighted by Gasteiger charge is -2.18. The fourth-order valence-electron chi connectivity index (χ4n) is 2.77. The molecule has 0 saturated heterocycles. The average Bonchev–Trinajstić information content (AvgIpc) is 2.78. The lowest BCUT2D eigenvalue weighted by atomic mass is 9.98. The van der Waals surface area contributed by atoms with Gasteiger partial charge in [0.2, 0.25) is 0 Å². The maximum Gasteiger partial charge on any atom is 0.159 e. The van der Waals surface area contributed by atoms with Gasteiger partial charge in [0.25, 0.3) is 0 Å². The summed E-state index contributed by atoms with van der Waals surface area (Å²) in [4.78, 5) is 0. The number of hydrogen-bond acceptors (Lipinski definition) is 2. The third kappa shape index (κ3) is 3.74. The third-order valence-electron chi connectivity index (χ3n) is 4.11. The number of nitrogens with one attached hydrogen (secondary N) is 1. The van der Waals surface area contributed by atoms with E-state index in [2.05, 4.69) is 12.2 Å². The van der Waals surface area contributed by atoms with Gasteiger partial charge in [0.15, 0.2) is 11.6 Å². The van der Waals surface area contributed by atoms with Crippen molar-refractivity contribution < 1.29 is 13.9 Å². The molecule has 0 radical (unpaired) electrons. The van der Waals surface area contributed by atoms with Crippen molar-refractivity contribution in [3.8, 4) is 0 Å². The quantitative estimate of drug-likeness (QED) is 0.861. The Bertz CT molecular complexity index is 425. The minimum Gasteiger partial charge on any atom is -0.387 e. The zero-order valence-corrected chi connectivity index (χ0v) is 11.2. The van der Waals surface area contributed by atoms with Gasteiger partial charge in [-0.25, -0.2) is 8.78 Å². The molecule has 0 amide bonds. The van der Waals surface area contributed by atoms with Gasteiger partial charge in [0, 0.05) is 6.54 Å². The molecule has 0 aromatic heterocycles. The van der Waals surface area contributed by atoms with Crippen LogP contribution in [0.4, 0.5) is 8.78 Å². The van der Waals surface area contributed by atoms with E-state index in [-0.39, 0.29) is 0 Å². The predicted molar refractivity (Wildman–Crippen MR) is 70.7 cm³/mol. The summed E-state index contributed by atoms with van der Waals surface area (Å²) in [5.74, 6) is -0.408. The summed E-state index contributed by atoms with van der Waals surface area (Å²) in [5.41, 5.74) is 0.408. The minimum absolute atomic E-state index is 0.369. The van der Waals surface area contributed by atoms with Crippen LogP contribution < -0.4 is 5.32 Å². The molecule has 1 saturated carbocycles. The maximum atomic E-state index is 13.1. The Morgan fingerprint density at radius 2 is 2.11 bits per heavy atom. The smallest absolute Gasteiger partial charge is 0.159 e. The van der Waals surface area contributed by atoms with Crippen LogP contribution in [0.1, 0.15) is 37.9 Å². The lowest BCUT2D eigenvalue weighted by Crippen LogP contribution is -2.28. The lowest BCUT2D eigenvalue weighted by molar-refractivity contribution is 0.171. The van der Waals surface area contributed by atoms with E-state index in [1.165, 1.54) is 25.3 Å². The topological polar surface area (TPSA) is 32.3 Å². The Balaban J connectivity index is 1.80. The first-order valence-electron chi connectivity index (χ1n) is 6.91. The molecule has 1 aliphatic carbocycles. The first-order valence-corrected chi connectivity index (χ1v) is 6.91. The fraction of sp³-hybridized carbons (Fsp3) is 0.600. The van der Waals surface area contributed by atoms with Crippen molar-refractivity contribution in [1.29, 1.82) is 0 Å². The summed E-state index contributed by atoms with van der Waals surface area (Å²) < 4.78 is 25.8. The number of hydrogen-bond donors (Lipinski definition) is 2. The SMILES string of the molecule is CC1CCCC1CNCC(O)c1ccc(F)c(F)c1. The molecule has 1 aromatic carbocycles. The van der Waals surface area contributed by atoms with Crippen molar-refractivity contribution in [1.82, 2.24) is 5.32 Å². The van der Waals surface area contributed by atoms with Crippen LogP contribution in [0.2, 0.25) is 0 Å². The van der Waals surface area contributed by atoms with Crippen LogP contribution in [0.25, 0.3) is 0 Å². The molecule has 19 heavy (non-hydrogen) atoms. The highest BCUT2D eigenvalue weighted by Crippen LogP contribution is 2.30. The number of aliphatic hydroxyl groups excluding tert-OH is 1. The second kappa shape index (κ2) is 6.44. The van der Waals surface area contributed by atoms with Crippen molar-refractivity contribution >= 4 is 0 Å². The van der Waals surface area contributed by atoms with Crippen LogP contribution in [-0.4, -0.2) is 18.2 Å². The van der Waals surface area contributed by atoms with Gasteiger partial charge < -0.3 is 10.4 Å². The standard InChI is InChI=1S/C15H21F2NO/c1-10-3-2-4-12(10)8-18-9-15(19)11-5-6-13(16)14(17)7-11/h5-7,10,12,15,18-19H,2-4,8-9H2,1H3. The van der Waals surface area contributed by atoms with E-state index in [1.807, 2.05) is 0 Å². The molecule has 0 bridgehead atoms. The summed E-state index contributed by atoms with van der Waals surface area (Å²) in [7, 11) is 0. The molecule has 3 atom stereocenters. The Labute approximate surface area is 112 Å². The van der Waals surface area contributed by atoms with E-state index >= 15 is 0 Å². The average molecular weight is 269 g/mol. The maximum absolute atomic E-state index is 13.1. The van der Waals surface area contributed by atoms with Crippen LogP contribution in [0.15, 0.2) is 18.2 Å². The van der Waals surface area contributed by atoms with E-state index < -0.39 is 17.7 Å². The number of rotatable bonds is 5.